The zero-order valence-electron chi connectivity index (χ0n) is 8.50. The SMILES string of the molecule is CCC(C)C(=O)c1cccc(C)c1. The second kappa shape index (κ2) is 4.22. The van der Waals surface area contributed by atoms with Crippen LogP contribution in [-0.4, -0.2) is 5.78 Å². The number of ketones is 1. The Labute approximate surface area is 79.8 Å². The van der Waals surface area contributed by atoms with Gasteiger partial charge in [0.15, 0.2) is 5.78 Å². The lowest BCUT2D eigenvalue weighted by Crippen LogP contribution is -2.09. The molecule has 1 nitrogen and oxygen atoms in total. The molecule has 1 aromatic rings. The summed E-state index contributed by atoms with van der Waals surface area (Å²) in [7, 11) is 0. The summed E-state index contributed by atoms with van der Waals surface area (Å²) >= 11 is 0. The zero-order valence-corrected chi connectivity index (χ0v) is 8.50. The molecule has 1 aromatic carbocycles. The maximum absolute atomic E-state index is 11.7. The van der Waals surface area contributed by atoms with Crippen LogP contribution in [-0.2, 0) is 0 Å². The molecule has 13 heavy (non-hydrogen) atoms. The molecule has 1 rings (SSSR count). The Morgan fingerprint density at radius 1 is 1.46 bits per heavy atom. The second-order valence-electron chi connectivity index (χ2n) is 3.54. The molecule has 0 heterocycles. The van der Waals surface area contributed by atoms with Crippen molar-refractivity contribution in [1.29, 1.82) is 0 Å². The van der Waals surface area contributed by atoms with E-state index in [0.29, 0.717) is 0 Å². The van der Waals surface area contributed by atoms with Crippen LogP contribution in [0.5, 0.6) is 0 Å². The zero-order chi connectivity index (χ0) is 9.84. The molecule has 0 aliphatic rings. The van der Waals surface area contributed by atoms with Gasteiger partial charge in [-0.3, -0.25) is 4.79 Å². The number of benzene rings is 1. The Morgan fingerprint density at radius 3 is 2.69 bits per heavy atom. The van der Waals surface area contributed by atoms with Gasteiger partial charge in [-0.25, -0.2) is 0 Å². The first kappa shape index (κ1) is 9.97. The number of Topliss-reactive ketones (excluding diaryl/α,β-unsaturated/α-hetero) is 1. The van der Waals surface area contributed by atoms with Gasteiger partial charge in [0.2, 0.25) is 0 Å². The standard InChI is InChI=1S/C12H16O/c1-4-10(3)12(13)11-7-5-6-9(2)8-11/h5-8,10H,4H2,1-3H3. The number of carbonyl (C=O) groups excluding carboxylic acids is 1. The van der Waals surface area contributed by atoms with Crippen molar-refractivity contribution in [3.8, 4) is 0 Å². The summed E-state index contributed by atoms with van der Waals surface area (Å²) < 4.78 is 0. The fourth-order valence-electron chi connectivity index (χ4n) is 1.27. The molecule has 0 saturated carbocycles. The van der Waals surface area contributed by atoms with Crippen molar-refractivity contribution in [3.05, 3.63) is 35.4 Å². The van der Waals surface area contributed by atoms with E-state index in [9.17, 15) is 4.79 Å². The van der Waals surface area contributed by atoms with Crippen molar-refractivity contribution in [3.63, 3.8) is 0 Å². The smallest absolute Gasteiger partial charge is 0.165 e. The van der Waals surface area contributed by atoms with E-state index >= 15 is 0 Å². The van der Waals surface area contributed by atoms with E-state index in [1.165, 1.54) is 0 Å². The van der Waals surface area contributed by atoms with Crippen molar-refractivity contribution in [2.24, 2.45) is 5.92 Å². The van der Waals surface area contributed by atoms with Crippen molar-refractivity contribution in [2.45, 2.75) is 27.2 Å². The average Bonchev–Trinajstić information content (AvgIpc) is 2.15. The minimum atomic E-state index is 0.141. The van der Waals surface area contributed by atoms with E-state index in [2.05, 4.69) is 0 Å². The molecule has 1 unspecified atom stereocenters. The summed E-state index contributed by atoms with van der Waals surface area (Å²) in [5, 5.41) is 0. The summed E-state index contributed by atoms with van der Waals surface area (Å²) in [5.41, 5.74) is 1.99. The van der Waals surface area contributed by atoms with Gasteiger partial charge in [-0.1, -0.05) is 37.6 Å². The van der Waals surface area contributed by atoms with Crippen molar-refractivity contribution in [1.82, 2.24) is 0 Å². The second-order valence-corrected chi connectivity index (χ2v) is 3.54. The molecular weight excluding hydrogens is 160 g/mol. The summed E-state index contributed by atoms with van der Waals surface area (Å²) in [5.74, 6) is 0.396. The number of carbonyl (C=O) groups is 1. The molecule has 0 amide bonds. The van der Waals surface area contributed by atoms with Gasteiger partial charge >= 0.3 is 0 Å². The Balaban J connectivity index is 2.89. The Hall–Kier alpha value is -1.11. The topological polar surface area (TPSA) is 17.1 Å². The number of hydrogen-bond acceptors (Lipinski definition) is 1. The third kappa shape index (κ3) is 2.41. The highest BCUT2D eigenvalue weighted by Gasteiger charge is 2.12. The van der Waals surface area contributed by atoms with E-state index in [-0.39, 0.29) is 11.7 Å². The van der Waals surface area contributed by atoms with Crippen LogP contribution >= 0.6 is 0 Å². The minimum absolute atomic E-state index is 0.141. The molecule has 0 saturated heterocycles. The molecule has 0 fully saturated rings. The largest absolute Gasteiger partial charge is 0.294 e. The van der Waals surface area contributed by atoms with E-state index in [1.807, 2.05) is 45.0 Å². The van der Waals surface area contributed by atoms with Crippen LogP contribution in [0.25, 0.3) is 0 Å². The van der Waals surface area contributed by atoms with Gasteiger partial charge in [-0.05, 0) is 19.4 Å². The van der Waals surface area contributed by atoms with E-state index in [0.717, 1.165) is 17.5 Å². The number of aryl methyl sites for hydroxylation is 1. The van der Waals surface area contributed by atoms with E-state index in [1.54, 1.807) is 0 Å². The molecule has 0 radical (unpaired) electrons. The number of hydrogen-bond donors (Lipinski definition) is 0. The minimum Gasteiger partial charge on any atom is -0.294 e. The van der Waals surface area contributed by atoms with E-state index < -0.39 is 0 Å². The van der Waals surface area contributed by atoms with Gasteiger partial charge in [0, 0.05) is 11.5 Å². The molecule has 0 spiro atoms. The molecule has 1 atom stereocenters. The van der Waals surface area contributed by atoms with Crippen molar-refractivity contribution < 1.29 is 4.79 Å². The van der Waals surface area contributed by atoms with Crippen LogP contribution in [0.2, 0.25) is 0 Å². The maximum Gasteiger partial charge on any atom is 0.165 e. The first-order valence-corrected chi connectivity index (χ1v) is 4.76. The number of rotatable bonds is 3. The lowest BCUT2D eigenvalue weighted by atomic mass is 9.96. The predicted molar refractivity (Wildman–Crippen MR) is 55.0 cm³/mol. The summed E-state index contributed by atoms with van der Waals surface area (Å²) in [6.07, 6.45) is 0.909. The highest BCUT2D eigenvalue weighted by atomic mass is 16.1. The fourth-order valence-corrected chi connectivity index (χ4v) is 1.27. The molecule has 0 bridgehead atoms. The lowest BCUT2D eigenvalue weighted by molar-refractivity contribution is 0.0927. The van der Waals surface area contributed by atoms with Gasteiger partial charge in [0.25, 0.3) is 0 Å². The van der Waals surface area contributed by atoms with E-state index in [4.69, 9.17) is 0 Å². The molecular formula is C12H16O. The normalized spacial score (nSPS) is 12.5. The molecule has 0 N–H and O–H groups in total. The molecule has 70 valence electrons. The summed E-state index contributed by atoms with van der Waals surface area (Å²) in [6.45, 7) is 6.02. The fraction of sp³-hybridized carbons (Fsp3) is 0.417. The van der Waals surface area contributed by atoms with Crippen LogP contribution in [0.15, 0.2) is 24.3 Å². The first-order valence-electron chi connectivity index (χ1n) is 4.76. The van der Waals surface area contributed by atoms with Crippen LogP contribution in [0, 0.1) is 12.8 Å². The molecule has 1 heteroatoms. The molecule has 0 aromatic heterocycles. The first-order chi connectivity index (χ1) is 6.15. The maximum atomic E-state index is 11.7. The van der Waals surface area contributed by atoms with Gasteiger partial charge in [-0.15, -0.1) is 0 Å². The monoisotopic (exact) mass is 176 g/mol. The van der Waals surface area contributed by atoms with Gasteiger partial charge in [0.05, 0.1) is 0 Å². The van der Waals surface area contributed by atoms with Crippen LogP contribution in [0.1, 0.15) is 36.2 Å². The Morgan fingerprint density at radius 2 is 2.15 bits per heavy atom. The average molecular weight is 176 g/mol. The lowest BCUT2D eigenvalue weighted by Gasteiger charge is -2.07. The predicted octanol–water partition coefficient (Wildman–Crippen LogP) is 3.22. The van der Waals surface area contributed by atoms with Crippen LogP contribution in [0.4, 0.5) is 0 Å². The van der Waals surface area contributed by atoms with Gasteiger partial charge in [0.1, 0.15) is 0 Å². The Kier molecular flexibility index (Phi) is 3.24. The highest BCUT2D eigenvalue weighted by molar-refractivity contribution is 5.97. The quantitative estimate of drug-likeness (QED) is 0.646. The molecule has 0 aliphatic heterocycles. The molecule has 0 aliphatic carbocycles. The van der Waals surface area contributed by atoms with Crippen LogP contribution < -0.4 is 0 Å². The summed E-state index contributed by atoms with van der Waals surface area (Å²) in [6, 6.07) is 7.79. The van der Waals surface area contributed by atoms with Crippen LogP contribution in [0.3, 0.4) is 0 Å². The Bertz CT molecular complexity index is 302. The summed E-state index contributed by atoms with van der Waals surface area (Å²) in [4.78, 5) is 11.7. The van der Waals surface area contributed by atoms with Crippen molar-refractivity contribution in [2.75, 3.05) is 0 Å². The van der Waals surface area contributed by atoms with Crippen molar-refractivity contribution >= 4 is 5.78 Å². The van der Waals surface area contributed by atoms with Gasteiger partial charge in [-0.2, -0.15) is 0 Å². The van der Waals surface area contributed by atoms with Gasteiger partial charge < -0.3 is 0 Å². The highest BCUT2D eigenvalue weighted by Crippen LogP contribution is 2.12. The third-order valence-corrected chi connectivity index (χ3v) is 2.36. The third-order valence-electron chi connectivity index (χ3n) is 2.36.